The van der Waals surface area contributed by atoms with E-state index in [9.17, 15) is 4.79 Å². The lowest BCUT2D eigenvalue weighted by Gasteiger charge is -2.38. The quantitative estimate of drug-likeness (QED) is 0.717. The summed E-state index contributed by atoms with van der Waals surface area (Å²) in [5, 5.41) is 6.42. The number of fused-ring (bicyclic) bond motifs is 1. The van der Waals surface area contributed by atoms with Crippen molar-refractivity contribution in [3.8, 4) is 11.1 Å². The van der Waals surface area contributed by atoms with E-state index in [0.717, 1.165) is 47.2 Å². The second-order valence-corrected chi connectivity index (χ2v) is 7.52. The first-order valence-corrected chi connectivity index (χ1v) is 9.35. The van der Waals surface area contributed by atoms with Crippen molar-refractivity contribution in [3.05, 3.63) is 48.5 Å². The summed E-state index contributed by atoms with van der Waals surface area (Å²) < 4.78 is 1.80. The summed E-state index contributed by atoms with van der Waals surface area (Å²) in [4.78, 5) is 21.5. The molecule has 1 amide bonds. The van der Waals surface area contributed by atoms with Gasteiger partial charge >= 0.3 is 0 Å². The zero-order chi connectivity index (χ0) is 19.0. The average molecular weight is 363 g/mol. The molecule has 0 bridgehead atoms. The van der Waals surface area contributed by atoms with E-state index >= 15 is 0 Å². The Bertz CT molecular complexity index is 980. The first-order valence-electron chi connectivity index (χ1n) is 9.35. The number of rotatable bonds is 3. The van der Waals surface area contributed by atoms with E-state index in [1.165, 1.54) is 0 Å². The number of likely N-dealkylation sites (N-methyl/N-ethyl adjacent to an activating group) is 1. The van der Waals surface area contributed by atoms with Crippen molar-refractivity contribution < 1.29 is 4.79 Å². The standard InChI is InChI=1S/C21H25N5O/c1-15-13-24(2)6-7-26(15)21(27)10-20-9-18-8-16(4-5-17(18)11-22-20)19-12-23-25(3)14-19/h4-5,8-9,11-12,14-15H,6-7,10,13H2,1-3H3/t15-/m0/s1. The van der Waals surface area contributed by atoms with Crippen LogP contribution in [0.3, 0.4) is 0 Å². The number of piperazine rings is 1. The molecule has 6 nitrogen and oxygen atoms in total. The fourth-order valence-electron chi connectivity index (χ4n) is 3.80. The highest BCUT2D eigenvalue weighted by Crippen LogP contribution is 2.24. The van der Waals surface area contributed by atoms with Crippen molar-refractivity contribution in [1.82, 2.24) is 24.6 Å². The van der Waals surface area contributed by atoms with Gasteiger partial charge in [-0.3, -0.25) is 14.5 Å². The Balaban J connectivity index is 1.56. The van der Waals surface area contributed by atoms with Gasteiger partial charge in [0.2, 0.25) is 5.91 Å². The molecule has 1 aliphatic heterocycles. The van der Waals surface area contributed by atoms with Gasteiger partial charge in [-0.15, -0.1) is 0 Å². The number of pyridine rings is 1. The minimum Gasteiger partial charge on any atom is -0.337 e. The number of carbonyl (C=O) groups is 1. The van der Waals surface area contributed by atoms with Gasteiger partial charge in [-0.05, 0) is 37.1 Å². The van der Waals surface area contributed by atoms with Crippen LogP contribution in [0.1, 0.15) is 12.6 Å². The predicted molar refractivity (Wildman–Crippen MR) is 106 cm³/mol. The highest BCUT2D eigenvalue weighted by Gasteiger charge is 2.25. The summed E-state index contributed by atoms with van der Waals surface area (Å²) >= 11 is 0. The largest absolute Gasteiger partial charge is 0.337 e. The number of amides is 1. The second-order valence-electron chi connectivity index (χ2n) is 7.52. The van der Waals surface area contributed by atoms with Crippen molar-refractivity contribution in [2.24, 2.45) is 7.05 Å². The third-order valence-corrected chi connectivity index (χ3v) is 5.30. The van der Waals surface area contributed by atoms with Crippen LogP contribution in [0.4, 0.5) is 0 Å². The van der Waals surface area contributed by atoms with Crippen LogP contribution in [0.5, 0.6) is 0 Å². The van der Waals surface area contributed by atoms with Crippen LogP contribution < -0.4 is 0 Å². The highest BCUT2D eigenvalue weighted by atomic mass is 16.2. The van der Waals surface area contributed by atoms with E-state index in [4.69, 9.17) is 0 Å². The minimum absolute atomic E-state index is 0.158. The fourth-order valence-corrected chi connectivity index (χ4v) is 3.80. The molecule has 4 rings (SSSR count). The van der Waals surface area contributed by atoms with Gasteiger partial charge in [-0.25, -0.2) is 0 Å². The number of aryl methyl sites for hydroxylation is 1. The summed E-state index contributed by atoms with van der Waals surface area (Å²) in [5.41, 5.74) is 3.02. The van der Waals surface area contributed by atoms with Crippen molar-refractivity contribution in [1.29, 1.82) is 0 Å². The molecule has 27 heavy (non-hydrogen) atoms. The van der Waals surface area contributed by atoms with Crippen LogP contribution in [-0.2, 0) is 18.3 Å². The summed E-state index contributed by atoms with van der Waals surface area (Å²) in [6.07, 6.45) is 6.07. The Morgan fingerprint density at radius 2 is 1.96 bits per heavy atom. The van der Waals surface area contributed by atoms with E-state index in [1.807, 2.05) is 36.6 Å². The van der Waals surface area contributed by atoms with Crippen LogP contribution in [0, 0.1) is 0 Å². The molecule has 0 unspecified atom stereocenters. The van der Waals surface area contributed by atoms with E-state index in [0.29, 0.717) is 6.42 Å². The molecule has 1 aromatic carbocycles. The third kappa shape index (κ3) is 3.71. The van der Waals surface area contributed by atoms with Crippen molar-refractivity contribution in [2.45, 2.75) is 19.4 Å². The van der Waals surface area contributed by atoms with Gasteiger partial charge in [0.15, 0.2) is 0 Å². The lowest BCUT2D eigenvalue weighted by atomic mass is 10.0. The van der Waals surface area contributed by atoms with E-state index in [1.54, 1.807) is 4.68 Å². The highest BCUT2D eigenvalue weighted by molar-refractivity contribution is 5.88. The van der Waals surface area contributed by atoms with Gasteiger partial charge in [0.05, 0.1) is 18.3 Å². The molecule has 0 N–H and O–H groups in total. The molecule has 1 fully saturated rings. The predicted octanol–water partition coefficient (Wildman–Crippen LogP) is 2.34. The maximum atomic E-state index is 12.8. The van der Waals surface area contributed by atoms with E-state index < -0.39 is 0 Å². The lowest BCUT2D eigenvalue weighted by Crippen LogP contribution is -2.53. The maximum absolute atomic E-state index is 12.8. The van der Waals surface area contributed by atoms with Crippen molar-refractivity contribution >= 4 is 16.7 Å². The SMILES string of the molecule is C[C@H]1CN(C)CCN1C(=O)Cc1cc2cc(-c3cnn(C)c3)ccc2cn1. The zero-order valence-electron chi connectivity index (χ0n) is 16.1. The van der Waals surface area contributed by atoms with Gasteiger partial charge < -0.3 is 9.80 Å². The van der Waals surface area contributed by atoms with Crippen LogP contribution >= 0.6 is 0 Å². The lowest BCUT2D eigenvalue weighted by molar-refractivity contribution is -0.134. The van der Waals surface area contributed by atoms with E-state index in [2.05, 4.69) is 47.2 Å². The number of hydrogen-bond acceptors (Lipinski definition) is 4. The Hall–Kier alpha value is -2.73. The van der Waals surface area contributed by atoms with Gasteiger partial charge in [0.25, 0.3) is 0 Å². The van der Waals surface area contributed by atoms with Crippen molar-refractivity contribution in [3.63, 3.8) is 0 Å². The summed E-state index contributed by atoms with van der Waals surface area (Å²) in [6.45, 7) is 4.75. The Morgan fingerprint density at radius 3 is 2.70 bits per heavy atom. The first-order chi connectivity index (χ1) is 13.0. The summed E-state index contributed by atoms with van der Waals surface area (Å²) in [7, 11) is 4.01. The summed E-state index contributed by atoms with van der Waals surface area (Å²) in [5.74, 6) is 0.158. The number of benzene rings is 1. The smallest absolute Gasteiger partial charge is 0.228 e. The Morgan fingerprint density at radius 1 is 1.11 bits per heavy atom. The molecule has 0 spiro atoms. The van der Waals surface area contributed by atoms with Crippen LogP contribution in [-0.4, -0.2) is 63.2 Å². The fraction of sp³-hybridized carbons (Fsp3) is 0.381. The minimum atomic E-state index is 0.158. The zero-order valence-corrected chi connectivity index (χ0v) is 16.1. The molecule has 3 aromatic rings. The molecule has 6 heteroatoms. The van der Waals surface area contributed by atoms with Gasteiger partial charge in [0.1, 0.15) is 0 Å². The third-order valence-electron chi connectivity index (χ3n) is 5.30. The topological polar surface area (TPSA) is 54.3 Å². The molecular formula is C21H25N5O. The monoisotopic (exact) mass is 363 g/mol. The average Bonchev–Trinajstić information content (AvgIpc) is 3.07. The number of nitrogens with zero attached hydrogens (tertiary/aromatic N) is 5. The Kier molecular flexibility index (Phi) is 4.66. The molecule has 1 aliphatic rings. The second kappa shape index (κ2) is 7.12. The van der Waals surface area contributed by atoms with Crippen LogP contribution in [0.2, 0.25) is 0 Å². The molecule has 1 atom stereocenters. The normalized spacial score (nSPS) is 18.2. The molecule has 0 radical (unpaired) electrons. The van der Waals surface area contributed by atoms with Crippen molar-refractivity contribution in [2.75, 3.05) is 26.7 Å². The van der Waals surface area contributed by atoms with Gasteiger partial charge in [-0.2, -0.15) is 5.10 Å². The van der Waals surface area contributed by atoms with Gasteiger partial charge in [-0.1, -0.05) is 12.1 Å². The number of hydrogen-bond donors (Lipinski definition) is 0. The number of carbonyl (C=O) groups excluding carboxylic acids is 1. The molecular weight excluding hydrogens is 338 g/mol. The molecule has 3 heterocycles. The number of aromatic nitrogens is 3. The summed E-state index contributed by atoms with van der Waals surface area (Å²) in [6, 6.07) is 8.57. The maximum Gasteiger partial charge on any atom is 0.228 e. The van der Waals surface area contributed by atoms with Crippen LogP contribution in [0.25, 0.3) is 21.9 Å². The first kappa shape index (κ1) is 17.7. The Labute approximate surface area is 159 Å². The molecule has 0 saturated carbocycles. The molecule has 140 valence electrons. The van der Waals surface area contributed by atoms with E-state index in [-0.39, 0.29) is 11.9 Å². The molecule has 1 saturated heterocycles. The molecule has 2 aromatic heterocycles. The van der Waals surface area contributed by atoms with Gasteiger partial charge in [0, 0.05) is 56.1 Å². The van der Waals surface area contributed by atoms with Crippen LogP contribution in [0.15, 0.2) is 42.9 Å². The molecule has 0 aliphatic carbocycles.